The van der Waals surface area contributed by atoms with Gasteiger partial charge < -0.3 is 25.2 Å². The zero-order valence-corrected chi connectivity index (χ0v) is 15.9. The second-order valence-electron chi connectivity index (χ2n) is 5.21. The highest BCUT2D eigenvalue weighted by molar-refractivity contribution is 7.13. The summed E-state index contributed by atoms with van der Waals surface area (Å²) in [6.07, 6.45) is 6.90. The molecule has 0 atom stereocenters. The molecule has 0 saturated carbocycles. The number of nitrogens with one attached hydrogen (secondary N) is 2. The van der Waals surface area contributed by atoms with E-state index in [1.54, 1.807) is 17.5 Å². The highest BCUT2D eigenvalue weighted by Crippen LogP contribution is 2.26. The Kier molecular flexibility index (Phi) is 8.51. The SMILES string of the molecule is CC/C(=C\C=C(/CC)Oc1ccccc1NCNc1nccs1)OCO. The van der Waals surface area contributed by atoms with Gasteiger partial charge in [-0.1, -0.05) is 26.0 Å². The monoisotopic (exact) mass is 375 g/mol. The van der Waals surface area contributed by atoms with Crippen molar-refractivity contribution < 1.29 is 14.6 Å². The summed E-state index contributed by atoms with van der Waals surface area (Å²) in [5.74, 6) is 2.26. The molecule has 6 nitrogen and oxygen atoms in total. The Bertz CT molecular complexity index is 715. The zero-order chi connectivity index (χ0) is 18.6. The van der Waals surface area contributed by atoms with Gasteiger partial charge in [0.25, 0.3) is 0 Å². The van der Waals surface area contributed by atoms with Crippen molar-refractivity contribution in [1.29, 1.82) is 0 Å². The van der Waals surface area contributed by atoms with Crippen LogP contribution in [0.4, 0.5) is 10.8 Å². The molecule has 0 aliphatic heterocycles. The van der Waals surface area contributed by atoms with E-state index >= 15 is 0 Å². The van der Waals surface area contributed by atoms with E-state index in [4.69, 9.17) is 14.6 Å². The Labute approximate surface area is 158 Å². The van der Waals surface area contributed by atoms with Crippen molar-refractivity contribution in [3.63, 3.8) is 0 Å². The number of aromatic nitrogens is 1. The maximum atomic E-state index is 8.88. The van der Waals surface area contributed by atoms with Crippen LogP contribution in [-0.4, -0.2) is 23.6 Å². The molecule has 1 heterocycles. The predicted molar refractivity (Wildman–Crippen MR) is 106 cm³/mol. The summed E-state index contributed by atoms with van der Waals surface area (Å²) in [6, 6.07) is 7.78. The molecule has 0 spiro atoms. The quantitative estimate of drug-likeness (QED) is 0.304. The minimum atomic E-state index is -0.325. The minimum Gasteiger partial charge on any atom is -0.472 e. The molecule has 0 aliphatic carbocycles. The molecule has 3 N–H and O–H groups in total. The van der Waals surface area contributed by atoms with E-state index in [-0.39, 0.29) is 6.79 Å². The molecular formula is C19H25N3O3S. The van der Waals surface area contributed by atoms with Crippen molar-refractivity contribution in [2.24, 2.45) is 0 Å². The molecule has 0 aliphatic rings. The van der Waals surface area contributed by atoms with E-state index in [0.717, 1.165) is 28.7 Å². The molecule has 0 saturated heterocycles. The maximum Gasteiger partial charge on any atom is 0.185 e. The third-order valence-corrected chi connectivity index (χ3v) is 4.21. The number of anilines is 2. The fourth-order valence-electron chi connectivity index (χ4n) is 2.13. The number of hydrogen-bond acceptors (Lipinski definition) is 7. The normalized spacial score (nSPS) is 12.0. The number of rotatable bonds is 11. The van der Waals surface area contributed by atoms with Crippen LogP contribution in [0.3, 0.4) is 0 Å². The van der Waals surface area contributed by atoms with Crippen molar-refractivity contribution in [3.05, 3.63) is 59.5 Å². The second kappa shape index (κ2) is 11.2. The molecule has 0 amide bonds. The zero-order valence-electron chi connectivity index (χ0n) is 15.1. The van der Waals surface area contributed by atoms with Crippen LogP contribution in [0.1, 0.15) is 26.7 Å². The Morgan fingerprint density at radius 2 is 1.92 bits per heavy atom. The summed E-state index contributed by atoms with van der Waals surface area (Å²) < 4.78 is 11.2. The van der Waals surface area contributed by atoms with Gasteiger partial charge in [0.1, 0.15) is 11.5 Å². The molecule has 7 heteroatoms. The number of aliphatic hydroxyl groups excluding tert-OH is 1. The van der Waals surface area contributed by atoms with Crippen LogP contribution in [0.5, 0.6) is 5.75 Å². The highest BCUT2D eigenvalue weighted by Gasteiger charge is 2.05. The van der Waals surface area contributed by atoms with Gasteiger partial charge in [0.2, 0.25) is 0 Å². The van der Waals surface area contributed by atoms with Gasteiger partial charge in [0, 0.05) is 24.4 Å². The molecule has 2 rings (SSSR count). The van der Waals surface area contributed by atoms with E-state index in [1.807, 2.05) is 55.6 Å². The average molecular weight is 375 g/mol. The van der Waals surface area contributed by atoms with E-state index < -0.39 is 0 Å². The lowest BCUT2D eigenvalue weighted by molar-refractivity contribution is 0.0391. The van der Waals surface area contributed by atoms with Crippen LogP contribution in [0.2, 0.25) is 0 Å². The predicted octanol–water partition coefficient (Wildman–Crippen LogP) is 4.56. The van der Waals surface area contributed by atoms with Gasteiger partial charge in [0.15, 0.2) is 11.9 Å². The number of allylic oxidation sites excluding steroid dienone is 4. The lowest BCUT2D eigenvalue weighted by atomic mass is 10.2. The third kappa shape index (κ3) is 6.42. The summed E-state index contributed by atoms with van der Waals surface area (Å²) in [6.45, 7) is 4.21. The number of para-hydroxylation sites is 2. The Morgan fingerprint density at radius 3 is 2.62 bits per heavy atom. The van der Waals surface area contributed by atoms with Gasteiger partial charge in [-0.15, -0.1) is 11.3 Å². The first-order valence-corrected chi connectivity index (χ1v) is 9.42. The highest BCUT2D eigenvalue weighted by atomic mass is 32.1. The van der Waals surface area contributed by atoms with Crippen LogP contribution < -0.4 is 15.4 Å². The van der Waals surface area contributed by atoms with Crippen molar-refractivity contribution in [2.45, 2.75) is 26.7 Å². The largest absolute Gasteiger partial charge is 0.472 e. The number of nitrogens with zero attached hydrogens (tertiary/aromatic N) is 1. The summed E-state index contributed by atoms with van der Waals surface area (Å²) in [4.78, 5) is 4.19. The van der Waals surface area contributed by atoms with Crippen molar-refractivity contribution in [3.8, 4) is 5.75 Å². The van der Waals surface area contributed by atoms with Crippen LogP contribution in [0, 0.1) is 0 Å². The first kappa shape index (κ1) is 19.8. The molecule has 0 unspecified atom stereocenters. The van der Waals surface area contributed by atoms with E-state index in [9.17, 15) is 0 Å². The summed E-state index contributed by atoms with van der Waals surface area (Å²) >= 11 is 1.55. The Balaban J connectivity index is 2.02. The molecular weight excluding hydrogens is 350 g/mol. The molecule has 26 heavy (non-hydrogen) atoms. The smallest absolute Gasteiger partial charge is 0.185 e. The van der Waals surface area contributed by atoms with Gasteiger partial charge in [-0.25, -0.2) is 4.98 Å². The molecule has 1 aromatic carbocycles. The van der Waals surface area contributed by atoms with Crippen LogP contribution >= 0.6 is 11.3 Å². The molecule has 0 bridgehead atoms. The third-order valence-electron chi connectivity index (χ3n) is 3.48. The molecule has 1 aromatic heterocycles. The maximum absolute atomic E-state index is 8.88. The lowest BCUT2D eigenvalue weighted by Crippen LogP contribution is -2.12. The molecule has 140 valence electrons. The van der Waals surface area contributed by atoms with Crippen molar-refractivity contribution in [2.75, 3.05) is 24.1 Å². The van der Waals surface area contributed by atoms with Crippen LogP contribution in [0.15, 0.2) is 59.5 Å². The second-order valence-corrected chi connectivity index (χ2v) is 6.11. The van der Waals surface area contributed by atoms with Crippen LogP contribution in [-0.2, 0) is 4.74 Å². The molecule has 0 fully saturated rings. The number of thiazole rings is 1. The lowest BCUT2D eigenvalue weighted by Gasteiger charge is -2.14. The van der Waals surface area contributed by atoms with Gasteiger partial charge in [0.05, 0.1) is 18.1 Å². The van der Waals surface area contributed by atoms with E-state index in [2.05, 4.69) is 15.6 Å². The average Bonchev–Trinajstić information content (AvgIpc) is 3.18. The van der Waals surface area contributed by atoms with Crippen LogP contribution in [0.25, 0.3) is 0 Å². The number of benzene rings is 1. The van der Waals surface area contributed by atoms with E-state index in [1.165, 1.54) is 0 Å². The van der Waals surface area contributed by atoms with Gasteiger partial charge in [-0.3, -0.25) is 0 Å². The number of aliphatic hydroxyl groups is 1. The molecule has 2 aromatic rings. The first-order valence-electron chi connectivity index (χ1n) is 8.54. The van der Waals surface area contributed by atoms with Gasteiger partial charge >= 0.3 is 0 Å². The standard InChI is InChI=1S/C19H25N3O3S/c1-3-15(24-14-23)9-10-16(4-2)25-18-8-6-5-7-17(18)21-13-22-19-20-11-12-26-19/h5-12,21,23H,3-4,13-14H2,1-2H3,(H,20,22)/b15-9+,16-10+. The first-order chi connectivity index (χ1) is 12.8. The minimum absolute atomic E-state index is 0.325. The fourth-order valence-corrected chi connectivity index (χ4v) is 2.66. The van der Waals surface area contributed by atoms with E-state index in [0.29, 0.717) is 18.8 Å². The van der Waals surface area contributed by atoms with Gasteiger partial charge in [-0.05, 0) is 24.3 Å². The fraction of sp³-hybridized carbons (Fsp3) is 0.316. The Hall–Kier alpha value is -2.51. The van der Waals surface area contributed by atoms with Crippen molar-refractivity contribution >= 4 is 22.2 Å². The summed E-state index contributed by atoms with van der Waals surface area (Å²) in [5, 5.41) is 18.2. The Morgan fingerprint density at radius 1 is 1.15 bits per heavy atom. The number of ether oxygens (including phenoxy) is 2. The van der Waals surface area contributed by atoms with Gasteiger partial charge in [-0.2, -0.15) is 0 Å². The molecule has 0 radical (unpaired) electrons. The summed E-state index contributed by atoms with van der Waals surface area (Å²) in [5.41, 5.74) is 0.891. The van der Waals surface area contributed by atoms with Crippen molar-refractivity contribution in [1.82, 2.24) is 4.98 Å². The summed E-state index contributed by atoms with van der Waals surface area (Å²) in [7, 11) is 0. The number of hydrogen-bond donors (Lipinski definition) is 3. The topological polar surface area (TPSA) is 75.6 Å².